The number of morpholine rings is 1. The molecule has 1 fully saturated rings. The highest BCUT2D eigenvalue weighted by molar-refractivity contribution is 5.85. The van der Waals surface area contributed by atoms with Crippen LogP contribution in [0.1, 0.15) is 5.56 Å². The van der Waals surface area contributed by atoms with Crippen LogP contribution in [0.5, 0.6) is 5.75 Å². The number of halogens is 1. The maximum absolute atomic E-state index is 9.65. The molecule has 5 heteroatoms. The van der Waals surface area contributed by atoms with Crippen LogP contribution in [-0.2, 0) is 11.3 Å². The summed E-state index contributed by atoms with van der Waals surface area (Å²) >= 11 is 0. The third kappa shape index (κ3) is 3.27. The number of hydrogen-bond donors (Lipinski definition) is 2. The number of ether oxygens (including phenoxy) is 1. The lowest BCUT2D eigenvalue weighted by Crippen LogP contribution is -2.35. The Hall–Kier alpha value is -0.970. The van der Waals surface area contributed by atoms with Gasteiger partial charge in [0.05, 0.1) is 13.2 Å². The predicted molar refractivity (Wildman–Crippen MR) is 65.9 cm³/mol. The van der Waals surface area contributed by atoms with Crippen molar-refractivity contribution in [3.8, 4) is 5.75 Å². The topological polar surface area (TPSA) is 58.7 Å². The summed E-state index contributed by atoms with van der Waals surface area (Å²) < 4.78 is 5.26. The highest BCUT2D eigenvalue weighted by atomic mass is 35.5. The third-order valence-corrected chi connectivity index (χ3v) is 2.60. The standard InChI is InChI=1S/C11H16N2O2.ClH/c12-10-1-2-11(14)9(7-10)8-13-3-5-15-6-4-13;/h1-2,7,14H,3-6,8,12H2;1H. The van der Waals surface area contributed by atoms with E-state index < -0.39 is 0 Å². The van der Waals surface area contributed by atoms with E-state index in [-0.39, 0.29) is 12.4 Å². The van der Waals surface area contributed by atoms with Crippen molar-refractivity contribution in [2.45, 2.75) is 6.54 Å². The molecule has 0 bridgehead atoms. The molecule has 3 N–H and O–H groups in total. The van der Waals surface area contributed by atoms with E-state index in [2.05, 4.69) is 4.90 Å². The Morgan fingerprint density at radius 1 is 1.31 bits per heavy atom. The number of rotatable bonds is 2. The molecule has 0 atom stereocenters. The van der Waals surface area contributed by atoms with Crippen LogP contribution in [0.2, 0.25) is 0 Å². The molecule has 90 valence electrons. The van der Waals surface area contributed by atoms with Crippen molar-refractivity contribution >= 4 is 18.1 Å². The van der Waals surface area contributed by atoms with E-state index in [1.807, 2.05) is 6.07 Å². The zero-order chi connectivity index (χ0) is 10.7. The van der Waals surface area contributed by atoms with Crippen LogP contribution in [0.15, 0.2) is 18.2 Å². The molecule has 1 heterocycles. The van der Waals surface area contributed by atoms with Gasteiger partial charge in [-0.2, -0.15) is 0 Å². The molecule has 0 amide bonds. The quantitative estimate of drug-likeness (QED) is 0.607. The molecule has 0 aliphatic carbocycles. The van der Waals surface area contributed by atoms with Gasteiger partial charge < -0.3 is 15.6 Å². The highest BCUT2D eigenvalue weighted by Gasteiger charge is 2.12. The average Bonchev–Trinajstić information content (AvgIpc) is 2.25. The number of benzene rings is 1. The van der Waals surface area contributed by atoms with E-state index >= 15 is 0 Å². The van der Waals surface area contributed by atoms with Gasteiger partial charge in [0.1, 0.15) is 5.75 Å². The van der Waals surface area contributed by atoms with Gasteiger partial charge in [-0.1, -0.05) is 0 Å². The molecule has 0 spiro atoms. The van der Waals surface area contributed by atoms with Crippen LogP contribution in [-0.4, -0.2) is 36.3 Å². The number of hydrogen-bond acceptors (Lipinski definition) is 4. The summed E-state index contributed by atoms with van der Waals surface area (Å²) in [6.07, 6.45) is 0. The largest absolute Gasteiger partial charge is 0.508 e. The first-order valence-electron chi connectivity index (χ1n) is 5.13. The Labute approximate surface area is 101 Å². The summed E-state index contributed by atoms with van der Waals surface area (Å²) in [4.78, 5) is 2.25. The molecular formula is C11H17ClN2O2. The van der Waals surface area contributed by atoms with E-state index in [4.69, 9.17) is 10.5 Å². The minimum Gasteiger partial charge on any atom is -0.508 e. The molecule has 0 radical (unpaired) electrons. The monoisotopic (exact) mass is 244 g/mol. The normalized spacial score (nSPS) is 16.8. The molecule has 1 aromatic rings. The first-order valence-corrected chi connectivity index (χ1v) is 5.13. The van der Waals surface area contributed by atoms with Gasteiger partial charge >= 0.3 is 0 Å². The summed E-state index contributed by atoms with van der Waals surface area (Å²) in [5, 5.41) is 9.65. The molecule has 1 aliphatic heterocycles. The lowest BCUT2D eigenvalue weighted by Gasteiger charge is -2.26. The number of aromatic hydroxyl groups is 1. The Kier molecular flexibility index (Phi) is 4.86. The number of nitrogen functional groups attached to an aromatic ring is 1. The van der Waals surface area contributed by atoms with Crippen molar-refractivity contribution in [2.75, 3.05) is 32.0 Å². The molecule has 2 rings (SSSR count). The van der Waals surface area contributed by atoms with Crippen molar-refractivity contribution in [2.24, 2.45) is 0 Å². The summed E-state index contributed by atoms with van der Waals surface area (Å²) in [6.45, 7) is 4.09. The first kappa shape index (κ1) is 13.1. The Morgan fingerprint density at radius 3 is 2.69 bits per heavy atom. The average molecular weight is 245 g/mol. The Balaban J connectivity index is 0.00000128. The van der Waals surface area contributed by atoms with E-state index in [9.17, 15) is 5.11 Å². The Bertz CT molecular complexity index is 341. The summed E-state index contributed by atoms with van der Waals surface area (Å²) in [5.41, 5.74) is 7.26. The van der Waals surface area contributed by atoms with Crippen LogP contribution < -0.4 is 5.73 Å². The van der Waals surface area contributed by atoms with E-state index in [0.29, 0.717) is 11.4 Å². The van der Waals surface area contributed by atoms with Crippen LogP contribution >= 0.6 is 12.4 Å². The highest BCUT2D eigenvalue weighted by Crippen LogP contribution is 2.21. The lowest BCUT2D eigenvalue weighted by molar-refractivity contribution is 0.0339. The lowest BCUT2D eigenvalue weighted by atomic mass is 10.1. The van der Waals surface area contributed by atoms with Gasteiger partial charge in [-0.25, -0.2) is 0 Å². The fourth-order valence-corrected chi connectivity index (χ4v) is 1.73. The SMILES string of the molecule is Cl.Nc1ccc(O)c(CN2CCOCC2)c1. The molecule has 1 aromatic carbocycles. The zero-order valence-corrected chi connectivity index (χ0v) is 9.87. The van der Waals surface area contributed by atoms with E-state index in [0.717, 1.165) is 38.4 Å². The second kappa shape index (κ2) is 5.94. The predicted octanol–water partition coefficient (Wildman–Crippen LogP) is 1.23. The van der Waals surface area contributed by atoms with Crippen molar-refractivity contribution in [3.63, 3.8) is 0 Å². The smallest absolute Gasteiger partial charge is 0.120 e. The fourth-order valence-electron chi connectivity index (χ4n) is 1.73. The Morgan fingerprint density at radius 2 is 2.00 bits per heavy atom. The molecule has 4 nitrogen and oxygen atoms in total. The number of nitrogens with zero attached hydrogens (tertiary/aromatic N) is 1. The molecular weight excluding hydrogens is 228 g/mol. The second-order valence-electron chi connectivity index (χ2n) is 3.78. The van der Waals surface area contributed by atoms with Crippen molar-refractivity contribution in [1.82, 2.24) is 4.90 Å². The van der Waals surface area contributed by atoms with Gasteiger partial charge in [-0.05, 0) is 18.2 Å². The van der Waals surface area contributed by atoms with Gasteiger partial charge in [0.2, 0.25) is 0 Å². The molecule has 0 saturated carbocycles. The van der Waals surface area contributed by atoms with Gasteiger partial charge in [-0.15, -0.1) is 12.4 Å². The molecule has 1 aliphatic rings. The number of phenols is 1. The summed E-state index contributed by atoms with van der Waals surface area (Å²) in [6, 6.07) is 5.17. The first-order chi connectivity index (χ1) is 7.25. The summed E-state index contributed by atoms with van der Waals surface area (Å²) in [5.74, 6) is 0.315. The molecule has 0 aromatic heterocycles. The van der Waals surface area contributed by atoms with E-state index in [1.165, 1.54) is 0 Å². The molecule has 16 heavy (non-hydrogen) atoms. The van der Waals surface area contributed by atoms with Crippen LogP contribution in [0.25, 0.3) is 0 Å². The number of anilines is 1. The van der Waals surface area contributed by atoms with Crippen LogP contribution in [0, 0.1) is 0 Å². The maximum Gasteiger partial charge on any atom is 0.120 e. The van der Waals surface area contributed by atoms with E-state index in [1.54, 1.807) is 12.1 Å². The minimum absolute atomic E-state index is 0. The third-order valence-electron chi connectivity index (χ3n) is 2.60. The fraction of sp³-hybridized carbons (Fsp3) is 0.455. The van der Waals surface area contributed by atoms with Crippen LogP contribution in [0.3, 0.4) is 0 Å². The van der Waals surface area contributed by atoms with Gasteiger partial charge in [0, 0.05) is 30.9 Å². The second-order valence-corrected chi connectivity index (χ2v) is 3.78. The van der Waals surface area contributed by atoms with Crippen molar-refractivity contribution in [1.29, 1.82) is 0 Å². The van der Waals surface area contributed by atoms with Gasteiger partial charge in [0.15, 0.2) is 0 Å². The summed E-state index contributed by atoms with van der Waals surface area (Å²) in [7, 11) is 0. The molecule has 1 saturated heterocycles. The van der Waals surface area contributed by atoms with Crippen LogP contribution in [0.4, 0.5) is 5.69 Å². The maximum atomic E-state index is 9.65. The minimum atomic E-state index is 0. The number of phenolic OH excluding ortho intramolecular Hbond substituents is 1. The number of nitrogens with two attached hydrogens (primary N) is 1. The van der Waals surface area contributed by atoms with Crippen molar-refractivity contribution < 1.29 is 9.84 Å². The van der Waals surface area contributed by atoms with Crippen molar-refractivity contribution in [3.05, 3.63) is 23.8 Å². The zero-order valence-electron chi connectivity index (χ0n) is 9.06. The van der Waals surface area contributed by atoms with Gasteiger partial charge in [-0.3, -0.25) is 4.90 Å². The molecule has 0 unspecified atom stereocenters. The van der Waals surface area contributed by atoms with Gasteiger partial charge in [0.25, 0.3) is 0 Å².